The van der Waals surface area contributed by atoms with Gasteiger partial charge in [0.2, 0.25) is 0 Å². The summed E-state index contributed by atoms with van der Waals surface area (Å²) in [5.74, 6) is 0. The predicted octanol–water partition coefficient (Wildman–Crippen LogP) is 3.78. The molecule has 0 bridgehead atoms. The third-order valence-electron chi connectivity index (χ3n) is 3.94. The van der Waals surface area contributed by atoms with Crippen molar-refractivity contribution < 1.29 is 36.9 Å². The van der Waals surface area contributed by atoms with Gasteiger partial charge in [-0.05, 0) is 25.7 Å². The van der Waals surface area contributed by atoms with Crippen molar-refractivity contribution in [2.45, 2.75) is 79.1 Å². The van der Waals surface area contributed by atoms with Gasteiger partial charge in [-0.15, -0.1) is 0 Å². The van der Waals surface area contributed by atoms with Crippen LogP contribution < -0.4 is 24.0 Å². The fourth-order valence-electron chi connectivity index (χ4n) is 2.64. The molecule has 0 heterocycles. The Morgan fingerprint density at radius 2 is 0.810 bits per heavy atom. The van der Waals surface area contributed by atoms with E-state index in [0.29, 0.717) is 0 Å². The molecule has 0 N–H and O–H groups in total. The van der Waals surface area contributed by atoms with Crippen molar-refractivity contribution in [3.05, 3.63) is 0 Å². The van der Waals surface area contributed by atoms with E-state index in [1.165, 1.54) is 82.0 Å². The van der Waals surface area contributed by atoms with E-state index in [4.69, 9.17) is 0 Å². The topological polar surface area (TPSA) is 0 Å². The molecule has 0 amide bonds. The normalized spacial score (nSPS) is 10.8. The van der Waals surface area contributed by atoms with Gasteiger partial charge in [0, 0.05) is 0 Å². The number of unbranched alkanes of at least 4 members (excludes halogenated alkanes) is 4. The summed E-state index contributed by atoms with van der Waals surface area (Å²) in [7, 11) is 1.75. The molecule has 0 atom stereocenters. The van der Waals surface area contributed by atoms with Crippen molar-refractivity contribution in [3.8, 4) is 0 Å². The van der Waals surface area contributed by atoms with Gasteiger partial charge in [0.1, 0.15) is 0 Å². The number of quaternary nitrogens is 1. The molecular weight excluding hydrogens is 650 g/mol. The summed E-state index contributed by atoms with van der Waals surface area (Å²) >= 11 is 4.36. The summed E-state index contributed by atoms with van der Waals surface area (Å²) in [4.78, 5) is 0. The summed E-state index contributed by atoms with van der Waals surface area (Å²) in [6.45, 7) is 15.0. The molecule has 0 rings (SSSR count). The molecule has 1 nitrogen and oxygen atoms in total. The maximum atomic E-state index is 2.33. The van der Waals surface area contributed by atoms with Gasteiger partial charge < -0.3 is 28.5 Å². The molecule has 0 aromatic carbocycles. The summed E-state index contributed by atoms with van der Waals surface area (Å²) in [6.07, 6.45) is 11.1. The molecular formula is C16H36CuI3N. The Morgan fingerprint density at radius 1 is 0.619 bits per heavy atom. The molecule has 0 aliphatic rings. The molecule has 0 aliphatic heterocycles. The molecule has 21 heavy (non-hydrogen) atoms. The third kappa shape index (κ3) is 18.8. The first-order chi connectivity index (χ1) is 9.66. The van der Waals surface area contributed by atoms with Crippen LogP contribution in [0.15, 0.2) is 0 Å². The Hall–Kier alpha value is 2.67. The van der Waals surface area contributed by atoms with Crippen LogP contribution in [-0.4, -0.2) is 30.7 Å². The molecule has 137 valence electrons. The monoisotopic (exact) mass is 686 g/mol. The molecule has 0 fully saturated rings. The molecule has 5 heteroatoms. The van der Waals surface area contributed by atoms with Gasteiger partial charge in [0.15, 0.2) is 0 Å². The average Bonchev–Trinajstić information content (AvgIpc) is 2.46. The van der Waals surface area contributed by atoms with Crippen LogP contribution in [0.2, 0.25) is 0 Å². The second kappa shape index (κ2) is 22.7. The quantitative estimate of drug-likeness (QED) is 0.167. The summed E-state index contributed by atoms with van der Waals surface area (Å²) < 4.78 is 1.42. The Labute approximate surface area is 180 Å². The van der Waals surface area contributed by atoms with E-state index in [2.05, 4.69) is 68.4 Å². The third-order valence-corrected chi connectivity index (χ3v) is 3.94. The zero-order valence-electron chi connectivity index (χ0n) is 14.4. The predicted molar refractivity (Wildman–Crippen MR) is 107 cm³/mol. The van der Waals surface area contributed by atoms with Gasteiger partial charge >= 0.3 is 49.1 Å². The van der Waals surface area contributed by atoms with E-state index >= 15 is 0 Å². The van der Waals surface area contributed by atoms with Crippen LogP contribution in [0.25, 0.3) is 0 Å². The van der Waals surface area contributed by atoms with E-state index in [1.54, 1.807) is 8.46 Å². The van der Waals surface area contributed by atoms with Crippen LogP contribution >= 0.6 is 40.7 Å². The van der Waals surface area contributed by atoms with Crippen molar-refractivity contribution in [3.63, 3.8) is 0 Å². The van der Waals surface area contributed by atoms with Crippen LogP contribution in [-0.2, 0) is 8.46 Å². The van der Waals surface area contributed by atoms with Crippen molar-refractivity contribution in [1.29, 1.82) is 0 Å². The van der Waals surface area contributed by atoms with Gasteiger partial charge in [0.05, 0.1) is 26.2 Å². The molecule has 0 radical (unpaired) electrons. The number of hydrogen-bond donors (Lipinski definition) is 0. The molecule has 0 unspecified atom stereocenters. The van der Waals surface area contributed by atoms with Crippen LogP contribution in [0.4, 0.5) is 0 Å². The van der Waals surface area contributed by atoms with Gasteiger partial charge in [-0.25, -0.2) is 0 Å². The van der Waals surface area contributed by atoms with Crippen molar-refractivity contribution >= 4 is 40.7 Å². The zero-order valence-corrected chi connectivity index (χ0v) is 21.8. The van der Waals surface area contributed by atoms with Crippen LogP contribution in [0.1, 0.15) is 79.1 Å². The maximum absolute atomic E-state index is 2.33. The molecule has 0 saturated heterocycles. The van der Waals surface area contributed by atoms with Gasteiger partial charge in [-0.3, -0.25) is 0 Å². The van der Waals surface area contributed by atoms with E-state index < -0.39 is 0 Å². The minimum atomic E-state index is 0. The summed E-state index contributed by atoms with van der Waals surface area (Å²) in [5, 5.41) is 0. The number of nitrogens with zero attached hydrogens (tertiary/aromatic N) is 1. The van der Waals surface area contributed by atoms with Crippen LogP contribution in [0.3, 0.4) is 0 Å². The van der Waals surface area contributed by atoms with Crippen molar-refractivity contribution in [2.24, 2.45) is 0 Å². The SMILES string of the molecule is CCCC[N+](CCCC)(CCCC)CCCC.[I-].[I][Cu][I]. The van der Waals surface area contributed by atoms with Crippen molar-refractivity contribution in [1.82, 2.24) is 0 Å². The molecule has 0 saturated carbocycles. The minimum absolute atomic E-state index is 0. The average molecular weight is 687 g/mol. The van der Waals surface area contributed by atoms with E-state index in [0.717, 1.165) is 0 Å². The number of halogens is 3. The Morgan fingerprint density at radius 3 is 0.952 bits per heavy atom. The second-order valence-electron chi connectivity index (χ2n) is 5.69. The van der Waals surface area contributed by atoms with Crippen LogP contribution in [0, 0.1) is 0 Å². The van der Waals surface area contributed by atoms with E-state index in [-0.39, 0.29) is 24.0 Å². The molecule has 0 aromatic heterocycles. The van der Waals surface area contributed by atoms with E-state index in [1.807, 2.05) is 0 Å². The molecule has 0 spiro atoms. The Balaban J connectivity index is -0.000000740. The Bertz CT molecular complexity index is 145. The second-order valence-corrected chi connectivity index (χ2v) is 13.6. The number of hydrogen-bond acceptors (Lipinski definition) is 0. The summed E-state index contributed by atoms with van der Waals surface area (Å²) in [6, 6.07) is 0. The fourth-order valence-corrected chi connectivity index (χ4v) is 2.64. The Kier molecular flexibility index (Phi) is 30.7. The standard InChI is InChI=1S/C16H36N.Cu.3HI/c1-5-9-13-17(14-10-6-2,15-11-7-3)16-12-8-4;;;;/h5-16H2,1-4H3;;3*1H/q+1;+2;;;/p-3. The first-order valence-electron chi connectivity index (χ1n) is 8.32. The zero-order chi connectivity index (χ0) is 15.7. The van der Waals surface area contributed by atoms with Gasteiger partial charge in [-0.1, -0.05) is 53.4 Å². The van der Waals surface area contributed by atoms with Gasteiger partial charge in [-0.2, -0.15) is 0 Å². The van der Waals surface area contributed by atoms with E-state index in [9.17, 15) is 0 Å². The first kappa shape index (κ1) is 28.5. The molecule has 0 aliphatic carbocycles. The van der Waals surface area contributed by atoms with Crippen LogP contribution in [0.5, 0.6) is 0 Å². The fraction of sp³-hybridized carbons (Fsp3) is 1.00. The first-order valence-corrected chi connectivity index (χ1v) is 14.4. The van der Waals surface area contributed by atoms with Gasteiger partial charge in [0.25, 0.3) is 0 Å². The summed E-state index contributed by atoms with van der Waals surface area (Å²) in [5.41, 5.74) is 0. The molecule has 0 aromatic rings. The number of rotatable bonds is 12. The van der Waals surface area contributed by atoms with Crippen molar-refractivity contribution in [2.75, 3.05) is 26.2 Å².